The molecule has 0 spiro atoms. The van der Waals surface area contributed by atoms with Crippen molar-refractivity contribution in [2.45, 2.75) is 6.61 Å². The van der Waals surface area contributed by atoms with Gasteiger partial charge in [-0.1, -0.05) is 18.2 Å². The number of hydrogen-bond acceptors (Lipinski definition) is 5. The number of aromatic nitrogens is 1. The Morgan fingerprint density at radius 2 is 2.10 bits per heavy atom. The van der Waals surface area contributed by atoms with Crippen LogP contribution in [-0.2, 0) is 6.61 Å². The summed E-state index contributed by atoms with van der Waals surface area (Å²) >= 11 is 0. The van der Waals surface area contributed by atoms with E-state index in [2.05, 4.69) is 10.4 Å². The van der Waals surface area contributed by atoms with Crippen LogP contribution in [0.4, 0.5) is 0 Å². The van der Waals surface area contributed by atoms with Gasteiger partial charge in [0, 0.05) is 5.56 Å². The molecule has 0 unspecified atom stereocenters. The molecule has 6 heteroatoms. The fraction of sp³-hybridized carbons (Fsp3) is 0.0667. The summed E-state index contributed by atoms with van der Waals surface area (Å²) in [4.78, 5) is 15.7. The van der Waals surface area contributed by atoms with Crippen LogP contribution < -0.4 is 16.0 Å². The smallest absolute Gasteiger partial charge is 0.265 e. The fourth-order valence-corrected chi connectivity index (χ4v) is 1.94. The second-order valence-electron chi connectivity index (χ2n) is 4.37. The molecule has 0 fully saturated rings. The van der Waals surface area contributed by atoms with Crippen molar-refractivity contribution in [3.63, 3.8) is 0 Å². The molecule has 0 atom stereocenters. The molecule has 0 radical (unpaired) electrons. The molecule has 0 saturated heterocycles. The molecule has 1 amide bonds. The van der Waals surface area contributed by atoms with Crippen molar-refractivity contribution >= 4 is 17.0 Å². The highest BCUT2D eigenvalue weighted by atomic mass is 16.5. The van der Waals surface area contributed by atoms with Crippen molar-refractivity contribution in [2.75, 3.05) is 0 Å². The van der Waals surface area contributed by atoms with Crippen molar-refractivity contribution in [3.05, 3.63) is 60.0 Å². The molecule has 3 aromatic rings. The number of amides is 1. The molecule has 0 aliphatic carbocycles. The first-order chi connectivity index (χ1) is 10.3. The van der Waals surface area contributed by atoms with Gasteiger partial charge < -0.3 is 9.15 Å². The van der Waals surface area contributed by atoms with Gasteiger partial charge in [0.25, 0.3) is 5.91 Å². The van der Waals surface area contributed by atoms with Crippen molar-refractivity contribution in [1.82, 2.24) is 10.4 Å². The zero-order valence-corrected chi connectivity index (χ0v) is 11.1. The summed E-state index contributed by atoms with van der Waals surface area (Å²) < 4.78 is 11.1. The first kappa shape index (κ1) is 13.1. The fourth-order valence-electron chi connectivity index (χ4n) is 1.94. The van der Waals surface area contributed by atoms with Crippen LogP contribution in [0.5, 0.6) is 5.75 Å². The molecule has 3 rings (SSSR count). The van der Waals surface area contributed by atoms with E-state index in [0.29, 0.717) is 22.8 Å². The molecule has 0 aliphatic rings. The number of para-hydroxylation sites is 2. The lowest BCUT2D eigenvalue weighted by Gasteiger charge is -2.05. The third-order valence-corrected chi connectivity index (χ3v) is 2.93. The van der Waals surface area contributed by atoms with Crippen LogP contribution in [0.1, 0.15) is 16.2 Å². The summed E-state index contributed by atoms with van der Waals surface area (Å²) in [5.41, 5.74) is 4.00. The minimum absolute atomic E-state index is 0.183. The van der Waals surface area contributed by atoms with Gasteiger partial charge in [0.2, 0.25) is 5.89 Å². The van der Waals surface area contributed by atoms with Crippen molar-refractivity contribution in [3.8, 4) is 5.75 Å². The number of oxazole rings is 1. The monoisotopic (exact) mass is 283 g/mol. The highest BCUT2D eigenvalue weighted by molar-refractivity contribution is 5.94. The van der Waals surface area contributed by atoms with E-state index in [1.807, 2.05) is 24.3 Å². The maximum absolute atomic E-state index is 11.4. The topological polar surface area (TPSA) is 90.4 Å². The predicted molar refractivity (Wildman–Crippen MR) is 76.4 cm³/mol. The number of ether oxygens (including phenoxy) is 1. The molecule has 1 aromatic heterocycles. The Morgan fingerprint density at radius 1 is 1.24 bits per heavy atom. The van der Waals surface area contributed by atoms with E-state index < -0.39 is 0 Å². The van der Waals surface area contributed by atoms with Crippen LogP contribution in [0, 0.1) is 0 Å². The molecule has 106 valence electrons. The number of benzene rings is 2. The van der Waals surface area contributed by atoms with Crippen molar-refractivity contribution in [1.29, 1.82) is 0 Å². The van der Waals surface area contributed by atoms with Gasteiger partial charge in [-0.2, -0.15) is 0 Å². The Hall–Kier alpha value is -2.86. The zero-order valence-electron chi connectivity index (χ0n) is 11.1. The minimum Gasteiger partial charge on any atom is -0.484 e. The van der Waals surface area contributed by atoms with Gasteiger partial charge in [-0.05, 0) is 30.3 Å². The summed E-state index contributed by atoms with van der Waals surface area (Å²) in [5, 5.41) is 0. The predicted octanol–water partition coefficient (Wildman–Crippen LogP) is 2.01. The Balaban J connectivity index is 1.73. The van der Waals surface area contributed by atoms with Gasteiger partial charge in [-0.25, -0.2) is 10.8 Å². The zero-order chi connectivity index (χ0) is 14.7. The number of nitrogens with two attached hydrogens (primary N) is 1. The maximum Gasteiger partial charge on any atom is 0.265 e. The van der Waals surface area contributed by atoms with Gasteiger partial charge in [0.05, 0.1) is 0 Å². The molecule has 21 heavy (non-hydrogen) atoms. The lowest BCUT2D eigenvalue weighted by atomic mass is 10.2. The first-order valence-electron chi connectivity index (χ1n) is 6.34. The van der Waals surface area contributed by atoms with Gasteiger partial charge >= 0.3 is 0 Å². The van der Waals surface area contributed by atoms with E-state index in [9.17, 15) is 4.79 Å². The first-order valence-corrected chi connectivity index (χ1v) is 6.34. The molecular formula is C15H13N3O3. The number of hydrazine groups is 1. The Morgan fingerprint density at radius 3 is 2.90 bits per heavy atom. The number of nitrogens with zero attached hydrogens (tertiary/aromatic N) is 1. The largest absolute Gasteiger partial charge is 0.484 e. The van der Waals surface area contributed by atoms with Crippen LogP contribution in [0.3, 0.4) is 0 Å². The molecule has 6 nitrogen and oxygen atoms in total. The van der Waals surface area contributed by atoms with Crippen LogP contribution in [0.25, 0.3) is 11.1 Å². The number of hydrogen-bond donors (Lipinski definition) is 2. The summed E-state index contributed by atoms with van der Waals surface area (Å²) in [6.07, 6.45) is 0. The SMILES string of the molecule is NNC(=O)c1cccc(OCc2nc3ccccc3o2)c1. The highest BCUT2D eigenvalue weighted by Gasteiger charge is 2.07. The lowest BCUT2D eigenvalue weighted by Crippen LogP contribution is -2.29. The number of nitrogens with one attached hydrogen (secondary N) is 1. The lowest BCUT2D eigenvalue weighted by molar-refractivity contribution is 0.0953. The van der Waals surface area contributed by atoms with E-state index in [-0.39, 0.29) is 12.5 Å². The Bertz CT molecular complexity index is 749. The Kier molecular flexibility index (Phi) is 3.53. The number of carbonyl (C=O) groups is 1. The third-order valence-electron chi connectivity index (χ3n) is 2.93. The van der Waals surface area contributed by atoms with Gasteiger partial charge in [0.1, 0.15) is 11.3 Å². The van der Waals surface area contributed by atoms with Crippen LogP contribution >= 0.6 is 0 Å². The molecule has 2 aromatic carbocycles. The molecule has 0 aliphatic heterocycles. The van der Waals surface area contributed by atoms with E-state index in [4.69, 9.17) is 15.0 Å². The third kappa shape index (κ3) is 2.85. The van der Waals surface area contributed by atoms with E-state index in [0.717, 1.165) is 5.52 Å². The quantitative estimate of drug-likeness (QED) is 0.434. The van der Waals surface area contributed by atoms with E-state index in [1.165, 1.54) is 0 Å². The van der Waals surface area contributed by atoms with E-state index >= 15 is 0 Å². The number of carbonyl (C=O) groups excluding carboxylic acids is 1. The average Bonchev–Trinajstić information content (AvgIpc) is 2.95. The van der Waals surface area contributed by atoms with Gasteiger partial charge in [0.15, 0.2) is 12.2 Å². The molecule has 0 bridgehead atoms. The van der Waals surface area contributed by atoms with Gasteiger partial charge in [-0.3, -0.25) is 10.2 Å². The van der Waals surface area contributed by atoms with Crippen LogP contribution in [0.2, 0.25) is 0 Å². The normalized spacial score (nSPS) is 10.5. The second kappa shape index (κ2) is 5.64. The standard InChI is InChI=1S/C15H13N3O3/c16-18-15(19)10-4-3-5-11(8-10)20-9-14-17-12-6-1-2-7-13(12)21-14/h1-8H,9,16H2,(H,18,19). The second-order valence-corrected chi connectivity index (χ2v) is 4.37. The van der Waals surface area contributed by atoms with Crippen molar-refractivity contribution < 1.29 is 13.9 Å². The molecule has 3 N–H and O–H groups in total. The van der Waals surface area contributed by atoms with Crippen LogP contribution in [0.15, 0.2) is 52.9 Å². The molecule has 0 saturated carbocycles. The van der Waals surface area contributed by atoms with Crippen molar-refractivity contribution in [2.24, 2.45) is 5.84 Å². The summed E-state index contributed by atoms with van der Waals surface area (Å²) in [6.45, 7) is 0.183. The molecular weight excluding hydrogens is 270 g/mol. The maximum atomic E-state index is 11.4. The highest BCUT2D eigenvalue weighted by Crippen LogP contribution is 2.18. The average molecular weight is 283 g/mol. The number of fused-ring (bicyclic) bond motifs is 1. The minimum atomic E-state index is -0.373. The summed E-state index contributed by atoms with van der Waals surface area (Å²) in [6, 6.07) is 14.2. The van der Waals surface area contributed by atoms with Gasteiger partial charge in [-0.15, -0.1) is 0 Å². The van der Waals surface area contributed by atoms with Crippen LogP contribution in [-0.4, -0.2) is 10.9 Å². The summed E-state index contributed by atoms with van der Waals surface area (Å²) in [7, 11) is 0. The number of rotatable bonds is 4. The number of nitrogen functional groups attached to an aromatic ring is 1. The summed E-state index contributed by atoms with van der Waals surface area (Å²) in [5.74, 6) is 5.74. The Labute approximate surface area is 120 Å². The molecule has 1 heterocycles. The van der Waals surface area contributed by atoms with E-state index in [1.54, 1.807) is 24.3 Å².